The van der Waals surface area contributed by atoms with Crippen LogP contribution in [0.5, 0.6) is 0 Å². The van der Waals surface area contributed by atoms with Crippen LogP contribution < -0.4 is 16.0 Å². The Hall–Kier alpha value is -2.09. The Morgan fingerprint density at radius 2 is 1.52 bits per heavy atom. The minimum atomic E-state index is -0.975. The van der Waals surface area contributed by atoms with Crippen molar-refractivity contribution in [3.63, 3.8) is 0 Å². The standard InChI is InChI=1S/C13H16BrN3O4/c14-10-3-1-9(2-4-10)12(20)15-7-8-17-13(21)16-6-5-11(18)19/h1-4H,5-8H2,(H,15,20)(H,18,19)(H2,16,17,21). The molecule has 0 spiro atoms. The molecule has 1 aromatic carbocycles. The summed E-state index contributed by atoms with van der Waals surface area (Å²) in [5.74, 6) is -1.20. The van der Waals surface area contributed by atoms with E-state index in [4.69, 9.17) is 5.11 Å². The van der Waals surface area contributed by atoms with Crippen molar-refractivity contribution in [1.29, 1.82) is 0 Å². The number of hydrogen-bond acceptors (Lipinski definition) is 3. The fraction of sp³-hybridized carbons (Fsp3) is 0.308. The van der Waals surface area contributed by atoms with E-state index in [1.54, 1.807) is 24.3 Å². The molecule has 7 nitrogen and oxygen atoms in total. The van der Waals surface area contributed by atoms with Crippen LogP contribution in [0.4, 0.5) is 4.79 Å². The largest absolute Gasteiger partial charge is 0.481 e. The molecular formula is C13H16BrN3O4. The molecule has 0 fully saturated rings. The maximum atomic E-state index is 11.7. The monoisotopic (exact) mass is 357 g/mol. The molecule has 0 aliphatic carbocycles. The Bertz CT molecular complexity index is 505. The van der Waals surface area contributed by atoms with Crippen molar-refractivity contribution >= 4 is 33.8 Å². The molecule has 3 amide bonds. The van der Waals surface area contributed by atoms with Gasteiger partial charge < -0.3 is 21.1 Å². The number of benzene rings is 1. The van der Waals surface area contributed by atoms with Crippen molar-refractivity contribution in [2.75, 3.05) is 19.6 Å². The molecule has 0 unspecified atom stereocenters. The van der Waals surface area contributed by atoms with Crippen LogP contribution in [-0.2, 0) is 4.79 Å². The van der Waals surface area contributed by atoms with Crippen molar-refractivity contribution in [3.05, 3.63) is 34.3 Å². The summed E-state index contributed by atoms with van der Waals surface area (Å²) in [7, 11) is 0. The van der Waals surface area contributed by atoms with E-state index in [1.807, 2.05) is 0 Å². The summed E-state index contributed by atoms with van der Waals surface area (Å²) in [4.78, 5) is 33.2. The van der Waals surface area contributed by atoms with E-state index in [0.29, 0.717) is 5.56 Å². The smallest absolute Gasteiger partial charge is 0.314 e. The molecule has 0 saturated heterocycles. The fourth-order valence-corrected chi connectivity index (χ4v) is 1.67. The normalized spacial score (nSPS) is 9.76. The van der Waals surface area contributed by atoms with Crippen molar-refractivity contribution < 1.29 is 19.5 Å². The molecule has 0 bridgehead atoms. The van der Waals surface area contributed by atoms with Crippen LogP contribution in [0, 0.1) is 0 Å². The topological polar surface area (TPSA) is 108 Å². The van der Waals surface area contributed by atoms with Gasteiger partial charge in [0, 0.05) is 29.7 Å². The van der Waals surface area contributed by atoms with Gasteiger partial charge in [0.05, 0.1) is 6.42 Å². The van der Waals surface area contributed by atoms with Crippen LogP contribution in [0.2, 0.25) is 0 Å². The summed E-state index contributed by atoms with van der Waals surface area (Å²) in [6, 6.07) is 6.44. The number of rotatable bonds is 7. The van der Waals surface area contributed by atoms with Gasteiger partial charge in [0.1, 0.15) is 0 Å². The summed E-state index contributed by atoms with van der Waals surface area (Å²) in [6.07, 6.45) is -0.131. The third kappa shape index (κ3) is 7.31. The lowest BCUT2D eigenvalue weighted by Crippen LogP contribution is -2.40. The lowest BCUT2D eigenvalue weighted by molar-refractivity contribution is -0.136. The molecule has 0 atom stereocenters. The fourth-order valence-electron chi connectivity index (χ4n) is 1.40. The number of urea groups is 1. The lowest BCUT2D eigenvalue weighted by atomic mass is 10.2. The molecule has 0 aromatic heterocycles. The number of carboxylic acid groups (broad SMARTS) is 1. The maximum absolute atomic E-state index is 11.7. The molecular weight excluding hydrogens is 342 g/mol. The second kappa shape index (κ2) is 8.96. The first-order valence-corrected chi connectivity index (χ1v) is 7.05. The SMILES string of the molecule is O=C(O)CCNC(=O)NCCNC(=O)c1ccc(Br)cc1. The quantitative estimate of drug-likeness (QED) is 0.545. The van der Waals surface area contributed by atoms with Gasteiger partial charge in [-0.3, -0.25) is 9.59 Å². The molecule has 8 heteroatoms. The molecule has 114 valence electrons. The average molecular weight is 358 g/mol. The van der Waals surface area contributed by atoms with Crippen molar-refractivity contribution in [3.8, 4) is 0 Å². The van der Waals surface area contributed by atoms with Crippen LogP contribution in [0.15, 0.2) is 28.7 Å². The summed E-state index contributed by atoms with van der Waals surface area (Å²) in [5, 5.41) is 16.0. The maximum Gasteiger partial charge on any atom is 0.314 e. The molecule has 0 heterocycles. The molecule has 1 aromatic rings. The second-order valence-corrected chi connectivity index (χ2v) is 5.00. The van der Waals surface area contributed by atoms with Gasteiger partial charge >= 0.3 is 12.0 Å². The zero-order chi connectivity index (χ0) is 15.7. The highest BCUT2D eigenvalue weighted by atomic mass is 79.9. The molecule has 0 aliphatic rings. The van der Waals surface area contributed by atoms with E-state index in [0.717, 1.165) is 4.47 Å². The van der Waals surface area contributed by atoms with E-state index < -0.39 is 12.0 Å². The summed E-state index contributed by atoms with van der Waals surface area (Å²) < 4.78 is 0.888. The van der Waals surface area contributed by atoms with Crippen molar-refractivity contribution in [1.82, 2.24) is 16.0 Å². The molecule has 0 saturated carbocycles. The zero-order valence-corrected chi connectivity index (χ0v) is 12.8. The molecule has 1 rings (SSSR count). The van der Waals surface area contributed by atoms with Crippen LogP contribution in [-0.4, -0.2) is 42.6 Å². The summed E-state index contributed by atoms with van der Waals surface area (Å²) >= 11 is 3.28. The van der Waals surface area contributed by atoms with E-state index >= 15 is 0 Å². The Labute approximate surface area is 130 Å². The third-order valence-electron chi connectivity index (χ3n) is 2.43. The van der Waals surface area contributed by atoms with E-state index in [-0.39, 0.29) is 32.0 Å². The van der Waals surface area contributed by atoms with Gasteiger partial charge in [-0.25, -0.2) is 4.79 Å². The van der Waals surface area contributed by atoms with Crippen LogP contribution >= 0.6 is 15.9 Å². The number of halogens is 1. The number of carbonyl (C=O) groups is 3. The van der Waals surface area contributed by atoms with Crippen LogP contribution in [0.1, 0.15) is 16.8 Å². The minimum Gasteiger partial charge on any atom is -0.481 e. The number of amides is 3. The van der Waals surface area contributed by atoms with E-state index in [9.17, 15) is 14.4 Å². The van der Waals surface area contributed by atoms with Crippen molar-refractivity contribution in [2.24, 2.45) is 0 Å². The van der Waals surface area contributed by atoms with Gasteiger partial charge in [-0.05, 0) is 24.3 Å². The number of nitrogens with one attached hydrogen (secondary N) is 3. The molecule has 4 N–H and O–H groups in total. The number of carboxylic acids is 1. The van der Waals surface area contributed by atoms with Gasteiger partial charge in [0.25, 0.3) is 5.91 Å². The molecule has 21 heavy (non-hydrogen) atoms. The van der Waals surface area contributed by atoms with Crippen molar-refractivity contribution in [2.45, 2.75) is 6.42 Å². The Morgan fingerprint density at radius 1 is 0.952 bits per heavy atom. The van der Waals surface area contributed by atoms with E-state index in [1.165, 1.54) is 0 Å². The highest BCUT2D eigenvalue weighted by Crippen LogP contribution is 2.10. The van der Waals surface area contributed by atoms with Gasteiger partial charge in [-0.1, -0.05) is 15.9 Å². The highest BCUT2D eigenvalue weighted by molar-refractivity contribution is 9.10. The first kappa shape index (κ1) is 17.0. The average Bonchev–Trinajstić information content (AvgIpc) is 2.43. The van der Waals surface area contributed by atoms with Gasteiger partial charge in [-0.2, -0.15) is 0 Å². The first-order chi connectivity index (χ1) is 9.99. The third-order valence-corrected chi connectivity index (χ3v) is 2.96. The van der Waals surface area contributed by atoms with Gasteiger partial charge in [-0.15, -0.1) is 0 Å². The predicted molar refractivity (Wildman–Crippen MR) is 80.1 cm³/mol. The number of hydrogen-bond donors (Lipinski definition) is 4. The number of carbonyl (C=O) groups excluding carboxylic acids is 2. The Morgan fingerprint density at radius 3 is 2.14 bits per heavy atom. The Kier molecular flexibility index (Phi) is 7.24. The minimum absolute atomic E-state index is 0.0619. The van der Waals surface area contributed by atoms with Crippen LogP contribution in [0.25, 0.3) is 0 Å². The molecule has 0 aliphatic heterocycles. The van der Waals surface area contributed by atoms with Gasteiger partial charge in [0.15, 0.2) is 0 Å². The second-order valence-electron chi connectivity index (χ2n) is 4.09. The molecule has 0 radical (unpaired) electrons. The Balaban J connectivity index is 2.16. The van der Waals surface area contributed by atoms with E-state index in [2.05, 4.69) is 31.9 Å². The summed E-state index contributed by atoms with van der Waals surface area (Å²) in [6.45, 7) is 0.592. The highest BCUT2D eigenvalue weighted by Gasteiger charge is 2.05. The lowest BCUT2D eigenvalue weighted by Gasteiger charge is -2.08. The zero-order valence-electron chi connectivity index (χ0n) is 11.2. The predicted octanol–water partition coefficient (Wildman–Crippen LogP) is 0.953. The summed E-state index contributed by atoms with van der Waals surface area (Å²) in [5.41, 5.74) is 0.532. The van der Waals surface area contributed by atoms with Gasteiger partial charge in [0.2, 0.25) is 0 Å². The first-order valence-electron chi connectivity index (χ1n) is 6.26. The van der Waals surface area contributed by atoms with Crippen LogP contribution in [0.3, 0.4) is 0 Å². The number of aliphatic carboxylic acids is 1.